The van der Waals surface area contributed by atoms with Gasteiger partial charge >= 0.3 is 6.18 Å². The summed E-state index contributed by atoms with van der Waals surface area (Å²) in [6, 6.07) is 0. The molecule has 0 fully saturated rings. The van der Waals surface area contributed by atoms with Crippen LogP contribution < -0.4 is 5.56 Å². The number of pyridine rings is 1. The maximum atomic E-state index is 12.0. The molecule has 0 atom stereocenters. The maximum Gasteiger partial charge on any atom is 0.421 e. The van der Waals surface area contributed by atoms with E-state index in [-0.39, 0.29) is 6.20 Å². The summed E-state index contributed by atoms with van der Waals surface area (Å²) in [5.41, 5.74) is -2.66. The van der Waals surface area contributed by atoms with E-state index < -0.39 is 28.8 Å². The summed E-state index contributed by atoms with van der Waals surface area (Å²) in [6.07, 6.45) is -4.52. The largest absolute Gasteiger partial charge is 0.504 e. The van der Waals surface area contributed by atoms with E-state index in [4.69, 9.17) is 10.2 Å². The molecule has 0 spiro atoms. The Hall–Kier alpha value is -1.66. The van der Waals surface area contributed by atoms with Gasteiger partial charge in [0.2, 0.25) is 5.75 Å². The number of rotatable bonds is 0. The van der Waals surface area contributed by atoms with Gasteiger partial charge in [-0.25, -0.2) is 0 Å². The van der Waals surface area contributed by atoms with Gasteiger partial charge in [-0.05, 0) is 0 Å². The third kappa shape index (κ3) is 1.58. The summed E-state index contributed by atoms with van der Waals surface area (Å²) < 4.78 is 35.9. The van der Waals surface area contributed by atoms with Crippen molar-refractivity contribution in [3.8, 4) is 11.5 Å². The number of hydrogen-bond acceptors (Lipinski definition) is 3. The van der Waals surface area contributed by atoms with E-state index in [1.54, 1.807) is 4.98 Å². The van der Waals surface area contributed by atoms with Crippen molar-refractivity contribution in [2.75, 3.05) is 0 Å². The SMILES string of the molecule is O=c1[nH]cc(C(F)(F)F)c(O)c1O. The topological polar surface area (TPSA) is 73.3 Å². The van der Waals surface area contributed by atoms with Crippen molar-refractivity contribution in [3.05, 3.63) is 22.1 Å². The molecule has 0 radical (unpaired) electrons. The van der Waals surface area contributed by atoms with Gasteiger partial charge in [0, 0.05) is 6.20 Å². The van der Waals surface area contributed by atoms with Crippen LogP contribution in [0.3, 0.4) is 0 Å². The van der Waals surface area contributed by atoms with Gasteiger partial charge in [-0.3, -0.25) is 4.79 Å². The van der Waals surface area contributed by atoms with Crippen molar-refractivity contribution < 1.29 is 23.4 Å². The van der Waals surface area contributed by atoms with Gasteiger partial charge in [0.1, 0.15) is 5.56 Å². The van der Waals surface area contributed by atoms with Crippen LogP contribution in [0, 0.1) is 0 Å². The first-order chi connectivity index (χ1) is 5.84. The zero-order valence-electron chi connectivity index (χ0n) is 6.01. The molecule has 3 N–H and O–H groups in total. The minimum atomic E-state index is -4.81. The van der Waals surface area contributed by atoms with E-state index in [0.29, 0.717) is 0 Å². The first-order valence-electron chi connectivity index (χ1n) is 3.05. The molecule has 0 aliphatic carbocycles. The molecule has 0 aromatic carbocycles. The number of aromatic nitrogens is 1. The molecule has 1 aromatic heterocycles. The van der Waals surface area contributed by atoms with E-state index in [1.165, 1.54) is 0 Å². The third-order valence-electron chi connectivity index (χ3n) is 1.35. The van der Waals surface area contributed by atoms with Gasteiger partial charge in [-0.15, -0.1) is 0 Å². The Morgan fingerprint density at radius 1 is 1.23 bits per heavy atom. The van der Waals surface area contributed by atoms with E-state index in [9.17, 15) is 18.0 Å². The molecule has 13 heavy (non-hydrogen) atoms. The second kappa shape index (κ2) is 2.68. The van der Waals surface area contributed by atoms with Crippen LogP contribution >= 0.6 is 0 Å². The molecule has 0 bridgehead atoms. The second-order valence-electron chi connectivity index (χ2n) is 2.23. The molecular weight excluding hydrogens is 191 g/mol. The van der Waals surface area contributed by atoms with Gasteiger partial charge in [0.05, 0.1) is 0 Å². The lowest BCUT2D eigenvalue weighted by Crippen LogP contribution is -2.12. The summed E-state index contributed by atoms with van der Waals surface area (Å²) in [6.45, 7) is 0. The number of aromatic amines is 1. The Labute approximate surface area is 69.3 Å². The van der Waals surface area contributed by atoms with Crippen LogP contribution in [0.2, 0.25) is 0 Å². The Kier molecular flexibility index (Phi) is 1.94. The summed E-state index contributed by atoms with van der Waals surface area (Å²) in [5, 5.41) is 17.4. The van der Waals surface area contributed by atoms with Crippen molar-refractivity contribution in [1.29, 1.82) is 0 Å². The Morgan fingerprint density at radius 2 is 1.77 bits per heavy atom. The Morgan fingerprint density at radius 3 is 2.23 bits per heavy atom. The van der Waals surface area contributed by atoms with E-state index in [2.05, 4.69) is 0 Å². The minimum absolute atomic E-state index is 0.289. The molecule has 0 aliphatic rings. The van der Waals surface area contributed by atoms with Crippen LogP contribution in [0.4, 0.5) is 13.2 Å². The monoisotopic (exact) mass is 195 g/mol. The first-order valence-corrected chi connectivity index (χ1v) is 3.05. The molecule has 1 rings (SSSR count). The number of alkyl halides is 3. The van der Waals surface area contributed by atoms with Crippen molar-refractivity contribution >= 4 is 0 Å². The summed E-state index contributed by atoms with van der Waals surface area (Å²) in [5.74, 6) is -2.80. The fourth-order valence-corrected chi connectivity index (χ4v) is 0.726. The molecule has 4 nitrogen and oxygen atoms in total. The van der Waals surface area contributed by atoms with Crippen LogP contribution in [0.1, 0.15) is 5.56 Å². The number of H-pyrrole nitrogens is 1. The maximum absolute atomic E-state index is 12.0. The molecule has 0 saturated carbocycles. The molecule has 1 heterocycles. The molecule has 0 saturated heterocycles. The predicted octanol–water partition coefficient (Wildman–Crippen LogP) is 0.805. The van der Waals surface area contributed by atoms with Gasteiger partial charge in [-0.1, -0.05) is 0 Å². The van der Waals surface area contributed by atoms with E-state index >= 15 is 0 Å². The minimum Gasteiger partial charge on any atom is -0.504 e. The lowest BCUT2D eigenvalue weighted by molar-refractivity contribution is -0.139. The van der Waals surface area contributed by atoms with Gasteiger partial charge < -0.3 is 15.2 Å². The number of hydrogen-bond donors (Lipinski definition) is 3. The first kappa shape index (κ1) is 9.43. The number of aromatic hydroxyl groups is 2. The van der Waals surface area contributed by atoms with Crippen LogP contribution in [0.15, 0.2) is 11.0 Å². The van der Waals surface area contributed by atoms with Crippen molar-refractivity contribution in [2.45, 2.75) is 6.18 Å². The Bertz CT molecular complexity index is 382. The quantitative estimate of drug-likeness (QED) is 0.573. The number of nitrogens with one attached hydrogen (secondary N) is 1. The fourth-order valence-electron chi connectivity index (χ4n) is 0.726. The van der Waals surface area contributed by atoms with Crippen LogP contribution in [-0.2, 0) is 6.18 Å². The van der Waals surface area contributed by atoms with Crippen molar-refractivity contribution in [2.24, 2.45) is 0 Å². The summed E-state index contributed by atoms with van der Waals surface area (Å²) >= 11 is 0. The average molecular weight is 195 g/mol. The zero-order chi connectivity index (χ0) is 10.2. The highest BCUT2D eigenvalue weighted by atomic mass is 19.4. The normalized spacial score (nSPS) is 11.6. The number of halogens is 3. The average Bonchev–Trinajstić information content (AvgIpc) is 1.98. The molecule has 72 valence electrons. The highest BCUT2D eigenvalue weighted by molar-refractivity contribution is 5.42. The van der Waals surface area contributed by atoms with E-state index in [0.717, 1.165) is 0 Å². The Balaban J connectivity index is 3.44. The van der Waals surface area contributed by atoms with Gasteiger partial charge in [0.15, 0.2) is 5.75 Å². The summed E-state index contributed by atoms with van der Waals surface area (Å²) in [7, 11) is 0. The van der Waals surface area contributed by atoms with Gasteiger partial charge in [0.25, 0.3) is 5.56 Å². The molecule has 1 aromatic rings. The van der Waals surface area contributed by atoms with Crippen molar-refractivity contribution in [1.82, 2.24) is 4.98 Å². The predicted molar refractivity (Wildman–Crippen MR) is 35.4 cm³/mol. The van der Waals surface area contributed by atoms with Crippen LogP contribution in [0.5, 0.6) is 11.5 Å². The molecule has 7 heteroatoms. The highest BCUT2D eigenvalue weighted by Crippen LogP contribution is 2.37. The zero-order valence-corrected chi connectivity index (χ0v) is 6.01. The standard InChI is InChI=1S/C6H4F3NO3/c7-6(8,9)2-1-10-5(13)4(12)3(2)11/h1,12H,(H2,10,11,13). The van der Waals surface area contributed by atoms with Gasteiger partial charge in [-0.2, -0.15) is 13.2 Å². The second-order valence-corrected chi connectivity index (χ2v) is 2.23. The summed E-state index contributed by atoms with van der Waals surface area (Å²) in [4.78, 5) is 12.1. The fraction of sp³-hybridized carbons (Fsp3) is 0.167. The smallest absolute Gasteiger partial charge is 0.421 e. The lowest BCUT2D eigenvalue weighted by atomic mass is 10.2. The third-order valence-corrected chi connectivity index (χ3v) is 1.35. The van der Waals surface area contributed by atoms with Crippen molar-refractivity contribution in [3.63, 3.8) is 0 Å². The molecular formula is C6H4F3NO3. The van der Waals surface area contributed by atoms with E-state index in [1.807, 2.05) is 0 Å². The molecule has 0 amide bonds. The molecule has 0 unspecified atom stereocenters. The lowest BCUT2D eigenvalue weighted by Gasteiger charge is -2.08. The van der Waals surface area contributed by atoms with Crippen LogP contribution in [0.25, 0.3) is 0 Å². The molecule has 0 aliphatic heterocycles. The highest BCUT2D eigenvalue weighted by Gasteiger charge is 2.35. The van der Waals surface area contributed by atoms with Crippen LogP contribution in [-0.4, -0.2) is 15.2 Å².